The molecule has 0 aromatic heterocycles. The van der Waals surface area contributed by atoms with Gasteiger partial charge in [-0.3, -0.25) is 14.4 Å². The summed E-state index contributed by atoms with van der Waals surface area (Å²) in [5, 5.41) is 14.5. The van der Waals surface area contributed by atoms with E-state index in [-0.39, 0.29) is 36.6 Å². The fourth-order valence-electron chi connectivity index (χ4n) is 5.01. The van der Waals surface area contributed by atoms with Crippen LogP contribution in [0.5, 0.6) is 5.75 Å². The van der Waals surface area contributed by atoms with Gasteiger partial charge < -0.3 is 25.4 Å². The molecule has 9 heteroatoms. The van der Waals surface area contributed by atoms with Gasteiger partial charge >= 0.3 is 5.97 Å². The third-order valence-electron chi connectivity index (χ3n) is 7.49. The van der Waals surface area contributed by atoms with Crippen molar-refractivity contribution in [1.29, 1.82) is 0 Å². The first-order valence-corrected chi connectivity index (χ1v) is 13.4. The Morgan fingerprint density at radius 2 is 1.55 bits per heavy atom. The quantitative estimate of drug-likeness (QED) is 0.423. The summed E-state index contributed by atoms with van der Waals surface area (Å²) in [5.41, 5.74) is 1.55. The van der Waals surface area contributed by atoms with Gasteiger partial charge in [-0.15, -0.1) is 0 Å². The Balaban J connectivity index is 1.18. The fourth-order valence-corrected chi connectivity index (χ4v) is 5.01. The third-order valence-corrected chi connectivity index (χ3v) is 7.49. The van der Waals surface area contributed by atoms with Crippen LogP contribution in [0.3, 0.4) is 0 Å². The first kappa shape index (κ1) is 27.4. The van der Waals surface area contributed by atoms with Crippen LogP contribution < -0.4 is 20.3 Å². The summed E-state index contributed by atoms with van der Waals surface area (Å²) in [6.45, 7) is 4.68. The monoisotopic (exact) mass is 525 g/mol. The minimum Gasteiger partial charge on any atom is -0.490 e. The molecule has 2 amide bonds. The topological polar surface area (TPSA) is 108 Å². The van der Waals surface area contributed by atoms with E-state index in [1.54, 1.807) is 12.1 Å². The van der Waals surface area contributed by atoms with Crippen molar-refractivity contribution in [2.45, 2.75) is 51.6 Å². The van der Waals surface area contributed by atoms with Crippen LogP contribution in [0.2, 0.25) is 0 Å². The maximum atomic E-state index is 14.6. The number of hydrogen-bond acceptors (Lipinski definition) is 5. The molecule has 1 aliphatic carbocycles. The molecule has 8 nitrogen and oxygen atoms in total. The first-order valence-electron chi connectivity index (χ1n) is 13.4. The van der Waals surface area contributed by atoms with Crippen LogP contribution in [-0.4, -0.2) is 55.2 Å². The van der Waals surface area contributed by atoms with E-state index in [1.807, 2.05) is 12.1 Å². The molecule has 204 valence electrons. The van der Waals surface area contributed by atoms with Crippen molar-refractivity contribution in [2.24, 2.45) is 11.8 Å². The van der Waals surface area contributed by atoms with Crippen molar-refractivity contribution in [3.8, 4) is 5.75 Å². The number of amides is 2. The number of aliphatic carboxylic acids is 1. The lowest BCUT2D eigenvalue weighted by molar-refractivity contribution is -0.143. The Labute approximate surface area is 222 Å². The number of anilines is 1. The summed E-state index contributed by atoms with van der Waals surface area (Å²) in [7, 11) is 0. The number of carboxylic acid groups (broad SMARTS) is 1. The van der Waals surface area contributed by atoms with Crippen LogP contribution >= 0.6 is 0 Å². The molecular weight excluding hydrogens is 489 g/mol. The molecule has 2 aromatic carbocycles. The van der Waals surface area contributed by atoms with E-state index >= 15 is 0 Å². The summed E-state index contributed by atoms with van der Waals surface area (Å²) in [6, 6.07) is 11.6. The number of nitrogens with zero attached hydrogens (tertiary/aromatic N) is 1. The molecular formula is C29H36FN3O5. The van der Waals surface area contributed by atoms with Crippen molar-refractivity contribution in [2.75, 3.05) is 31.1 Å². The number of carboxylic acids is 1. The van der Waals surface area contributed by atoms with Gasteiger partial charge in [0.15, 0.2) is 0 Å². The highest BCUT2D eigenvalue weighted by molar-refractivity contribution is 5.95. The first-order chi connectivity index (χ1) is 18.3. The summed E-state index contributed by atoms with van der Waals surface area (Å²) in [4.78, 5) is 38.3. The molecule has 3 N–H and O–H groups in total. The maximum Gasteiger partial charge on any atom is 0.306 e. The second kappa shape index (κ2) is 12.8. The summed E-state index contributed by atoms with van der Waals surface area (Å²) < 4.78 is 20.4. The molecule has 1 saturated heterocycles. The van der Waals surface area contributed by atoms with E-state index in [2.05, 4.69) is 22.5 Å². The molecule has 0 spiro atoms. The number of nitrogens with one attached hydrogen (secondary N) is 2. The highest BCUT2D eigenvalue weighted by Crippen LogP contribution is 2.28. The lowest BCUT2D eigenvalue weighted by Crippen LogP contribution is -2.35. The summed E-state index contributed by atoms with van der Waals surface area (Å²) in [6.07, 6.45) is 4.42. The highest BCUT2D eigenvalue weighted by Gasteiger charge is 2.27. The van der Waals surface area contributed by atoms with Crippen LogP contribution in [0.25, 0.3) is 0 Å². The van der Waals surface area contributed by atoms with Crippen molar-refractivity contribution < 1.29 is 28.6 Å². The Bertz CT molecular complexity index is 1120. The average Bonchev–Trinajstić information content (AvgIpc) is 2.92. The van der Waals surface area contributed by atoms with Crippen LogP contribution in [0.15, 0.2) is 42.5 Å². The predicted molar refractivity (Wildman–Crippen MR) is 142 cm³/mol. The Morgan fingerprint density at radius 1 is 0.921 bits per heavy atom. The highest BCUT2D eigenvalue weighted by atomic mass is 19.1. The van der Waals surface area contributed by atoms with Gasteiger partial charge in [0.1, 0.15) is 11.6 Å². The van der Waals surface area contributed by atoms with Crippen molar-refractivity contribution in [3.05, 3.63) is 59.4 Å². The lowest BCUT2D eigenvalue weighted by Gasteiger charge is -2.32. The molecule has 2 fully saturated rings. The van der Waals surface area contributed by atoms with Gasteiger partial charge in [0.2, 0.25) is 0 Å². The van der Waals surface area contributed by atoms with Crippen LogP contribution in [0.4, 0.5) is 10.1 Å². The van der Waals surface area contributed by atoms with E-state index in [1.165, 1.54) is 31.0 Å². The Hall–Kier alpha value is -3.62. The average molecular weight is 526 g/mol. The molecule has 1 heterocycles. The number of hydrogen-bond donors (Lipinski definition) is 3. The normalized spacial score (nSPS) is 20.0. The maximum absolute atomic E-state index is 14.6. The van der Waals surface area contributed by atoms with Gasteiger partial charge in [-0.2, -0.15) is 0 Å². The zero-order valence-corrected chi connectivity index (χ0v) is 21.7. The predicted octanol–water partition coefficient (Wildman–Crippen LogP) is 4.24. The number of halogens is 1. The van der Waals surface area contributed by atoms with Crippen molar-refractivity contribution in [1.82, 2.24) is 10.6 Å². The van der Waals surface area contributed by atoms with Crippen LogP contribution in [0.1, 0.15) is 66.2 Å². The second-order valence-electron chi connectivity index (χ2n) is 10.3. The standard InChI is InChI=1S/C29H36FN3O5/c1-19-12-16-33(17-13-19)22-6-2-20(3-7-22)27(34)31-14-15-32-28(35)25-11-10-24(18-26(25)30)38-23-8-4-21(5-9-23)29(36)37/h2-3,6-7,10-11,18-19,21,23H,4-5,8-9,12-17H2,1H3,(H,31,34)(H,32,35)(H,36,37)/t21-,23+. The molecule has 1 saturated carbocycles. The largest absolute Gasteiger partial charge is 0.490 e. The number of ether oxygens (including phenoxy) is 1. The molecule has 0 unspecified atom stereocenters. The number of carbonyl (C=O) groups is 3. The van der Waals surface area contributed by atoms with Crippen LogP contribution in [0, 0.1) is 17.7 Å². The number of piperidine rings is 1. The van der Waals surface area contributed by atoms with E-state index in [4.69, 9.17) is 9.84 Å². The van der Waals surface area contributed by atoms with Gasteiger partial charge in [-0.1, -0.05) is 6.92 Å². The Morgan fingerprint density at radius 3 is 2.16 bits per heavy atom. The lowest BCUT2D eigenvalue weighted by atomic mass is 9.87. The third kappa shape index (κ3) is 7.24. The van der Waals surface area contributed by atoms with Crippen molar-refractivity contribution >= 4 is 23.5 Å². The van der Waals surface area contributed by atoms with Gasteiger partial charge in [0, 0.05) is 43.5 Å². The van der Waals surface area contributed by atoms with Crippen molar-refractivity contribution in [3.63, 3.8) is 0 Å². The summed E-state index contributed by atoms with van der Waals surface area (Å²) >= 11 is 0. The minimum atomic E-state index is -0.791. The zero-order chi connectivity index (χ0) is 27.1. The zero-order valence-electron chi connectivity index (χ0n) is 21.7. The molecule has 38 heavy (non-hydrogen) atoms. The molecule has 0 bridgehead atoms. The van der Waals surface area contributed by atoms with Gasteiger partial charge in [-0.25, -0.2) is 4.39 Å². The fraction of sp³-hybridized carbons (Fsp3) is 0.483. The second-order valence-corrected chi connectivity index (χ2v) is 10.3. The molecule has 0 radical (unpaired) electrons. The molecule has 2 aromatic rings. The van der Waals surface area contributed by atoms with E-state index in [0.29, 0.717) is 37.0 Å². The SMILES string of the molecule is CC1CCN(c2ccc(C(=O)NCCNC(=O)c3ccc(O[C@H]4CC[C@@H](C(=O)O)CC4)cc3F)cc2)CC1. The van der Waals surface area contributed by atoms with Gasteiger partial charge in [0.25, 0.3) is 11.8 Å². The number of rotatable bonds is 9. The van der Waals surface area contributed by atoms with Crippen LogP contribution in [-0.2, 0) is 4.79 Å². The number of carbonyl (C=O) groups excluding carboxylic acids is 2. The molecule has 2 aliphatic rings. The minimum absolute atomic E-state index is 0.110. The molecule has 4 rings (SSSR count). The number of benzene rings is 2. The molecule has 0 atom stereocenters. The van der Waals surface area contributed by atoms with Gasteiger partial charge in [0.05, 0.1) is 17.6 Å². The Kier molecular flexibility index (Phi) is 9.20. The summed E-state index contributed by atoms with van der Waals surface area (Å²) in [5.74, 6) is -1.59. The van der Waals surface area contributed by atoms with E-state index < -0.39 is 17.7 Å². The smallest absolute Gasteiger partial charge is 0.306 e. The van der Waals surface area contributed by atoms with E-state index in [9.17, 15) is 18.8 Å². The van der Waals surface area contributed by atoms with Gasteiger partial charge in [-0.05, 0) is 80.8 Å². The molecule has 1 aliphatic heterocycles. The van der Waals surface area contributed by atoms with E-state index in [0.717, 1.165) is 24.7 Å².